The van der Waals surface area contributed by atoms with Crippen LogP contribution >= 0.6 is 0 Å². The number of carbonyl (C=O) groups excluding carboxylic acids is 1. The van der Waals surface area contributed by atoms with E-state index in [-0.39, 0.29) is 29.2 Å². The number of nitrogens with one attached hydrogen (secondary N) is 1. The van der Waals surface area contributed by atoms with Gasteiger partial charge in [-0.05, 0) is 48.3 Å². The standard InChI is InChI=1S/C26H38FNO5Si/c1-26(2,3)34(7,8)33-14-13-18(20-11-9-10-12-21(20)27)17-28-25(29)19-15-22(30-4)24(32-6)23(16-19)31-5/h9-12,15-16,18H,13-14,17H2,1-8H3,(H,28,29). The normalized spacial score (nSPS) is 12.7. The Morgan fingerprint density at radius 2 is 1.62 bits per heavy atom. The second kappa shape index (κ2) is 11.7. The molecule has 1 atom stereocenters. The molecular formula is C26H38FNO5Si. The maximum absolute atomic E-state index is 14.6. The van der Waals surface area contributed by atoms with Crippen LogP contribution in [0.3, 0.4) is 0 Å². The Kier molecular flexibility index (Phi) is 9.52. The SMILES string of the molecule is COc1cc(C(=O)NCC(CCO[Si](C)(C)C(C)(C)C)c2ccccc2F)cc(OC)c1OC. The molecule has 0 aliphatic carbocycles. The second-order valence-electron chi connectivity index (χ2n) is 9.74. The number of benzene rings is 2. The quantitative estimate of drug-likeness (QED) is 0.404. The number of halogens is 1. The minimum Gasteiger partial charge on any atom is -0.493 e. The van der Waals surface area contributed by atoms with Crippen molar-refractivity contribution < 1.29 is 27.8 Å². The van der Waals surface area contributed by atoms with E-state index in [9.17, 15) is 9.18 Å². The minimum atomic E-state index is -1.93. The number of ether oxygens (including phenoxy) is 3. The summed E-state index contributed by atoms with van der Waals surface area (Å²) in [5.41, 5.74) is 0.922. The molecule has 0 bridgehead atoms. The lowest BCUT2D eigenvalue weighted by molar-refractivity contribution is 0.0948. The zero-order chi connectivity index (χ0) is 25.5. The molecule has 2 rings (SSSR count). The maximum atomic E-state index is 14.6. The van der Waals surface area contributed by atoms with Gasteiger partial charge in [-0.1, -0.05) is 39.0 Å². The monoisotopic (exact) mass is 491 g/mol. The molecule has 0 aliphatic rings. The van der Waals surface area contributed by atoms with E-state index < -0.39 is 8.32 Å². The van der Waals surface area contributed by atoms with Crippen molar-refractivity contribution in [1.29, 1.82) is 0 Å². The van der Waals surface area contributed by atoms with E-state index in [0.717, 1.165) is 0 Å². The van der Waals surface area contributed by atoms with Crippen LogP contribution in [0.25, 0.3) is 0 Å². The Hall–Kier alpha value is -2.58. The molecule has 34 heavy (non-hydrogen) atoms. The van der Waals surface area contributed by atoms with Gasteiger partial charge in [0.15, 0.2) is 19.8 Å². The average molecular weight is 492 g/mol. The Labute approximate surface area is 203 Å². The van der Waals surface area contributed by atoms with Crippen molar-refractivity contribution in [3.05, 3.63) is 53.3 Å². The van der Waals surface area contributed by atoms with Gasteiger partial charge in [-0.2, -0.15) is 0 Å². The number of hydrogen-bond donors (Lipinski definition) is 1. The molecule has 0 spiro atoms. The number of methoxy groups -OCH3 is 3. The molecule has 0 saturated carbocycles. The molecule has 6 nitrogen and oxygen atoms in total. The predicted molar refractivity (Wildman–Crippen MR) is 135 cm³/mol. The van der Waals surface area contributed by atoms with Crippen molar-refractivity contribution in [1.82, 2.24) is 5.32 Å². The van der Waals surface area contributed by atoms with Crippen molar-refractivity contribution in [2.24, 2.45) is 0 Å². The third kappa shape index (κ3) is 6.73. The molecule has 2 aromatic carbocycles. The van der Waals surface area contributed by atoms with Crippen LogP contribution in [-0.2, 0) is 4.43 Å². The molecular weight excluding hydrogens is 453 g/mol. The number of rotatable bonds is 11. The third-order valence-corrected chi connectivity index (χ3v) is 11.1. The highest BCUT2D eigenvalue weighted by Crippen LogP contribution is 2.39. The average Bonchev–Trinajstić information content (AvgIpc) is 2.79. The summed E-state index contributed by atoms with van der Waals surface area (Å²) in [6.07, 6.45) is 0.586. The Balaban J connectivity index is 2.19. The van der Waals surface area contributed by atoms with E-state index in [2.05, 4.69) is 39.2 Å². The van der Waals surface area contributed by atoms with E-state index in [1.54, 1.807) is 30.3 Å². The second-order valence-corrected chi connectivity index (χ2v) is 14.5. The third-order valence-electron chi connectivity index (χ3n) is 6.52. The topological polar surface area (TPSA) is 66.0 Å². The number of carbonyl (C=O) groups is 1. The zero-order valence-corrected chi connectivity index (χ0v) is 22.6. The molecule has 0 aromatic heterocycles. The van der Waals surface area contributed by atoms with Crippen molar-refractivity contribution in [3.63, 3.8) is 0 Å². The molecule has 1 N–H and O–H groups in total. The van der Waals surface area contributed by atoms with Crippen LogP contribution in [0.5, 0.6) is 17.2 Å². The molecule has 1 amide bonds. The van der Waals surface area contributed by atoms with Gasteiger partial charge in [0.05, 0.1) is 21.3 Å². The van der Waals surface area contributed by atoms with Crippen LogP contribution in [0.4, 0.5) is 4.39 Å². The van der Waals surface area contributed by atoms with Crippen molar-refractivity contribution in [2.75, 3.05) is 34.5 Å². The predicted octanol–water partition coefficient (Wildman–Crippen LogP) is 5.78. The van der Waals surface area contributed by atoms with Gasteiger partial charge in [-0.25, -0.2) is 4.39 Å². The first-order valence-corrected chi connectivity index (χ1v) is 14.3. The number of hydrogen-bond acceptors (Lipinski definition) is 5. The molecule has 0 heterocycles. The van der Waals surface area contributed by atoms with Crippen LogP contribution in [0.2, 0.25) is 18.1 Å². The van der Waals surface area contributed by atoms with Gasteiger partial charge in [0.2, 0.25) is 5.75 Å². The summed E-state index contributed by atoms with van der Waals surface area (Å²) in [4.78, 5) is 13.0. The van der Waals surface area contributed by atoms with Crippen molar-refractivity contribution in [2.45, 2.75) is 51.2 Å². The van der Waals surface area contributed by atoms with E-state index >= 15 is 0 Å². The van der Waals surface area contributed by atoms with Crippen LogP contribution in [-0.4, -0.2) is 48.7 Å². The van der Waals surface area contributed by atoms with E-state index in [1.807, 2.05) is 0 Å². The zero-order valence-electron chi connectivity index (χ0n) is 21.6. The van der Waals surface area contributed by atoms with Crippen LogP contribution in [0, 0.1) is 5.82 Å². The van der Waals surface area contributed by atoms with Crippen LogP contribution in [0.1, 0.15) is 49.0 Å². The highest BCUT2D eigenvalue weighted by atomic mass is 28.4. The van der Waals surface area contributed by atoms with Gasteiger partial charge >= 0.3 is 0 Å². The first-order chi connectivity index (χ1) is 15.9. The molecule has 0 radical (unpaired) electrons. The molecule has 188 valence electrons. The molecule has 8 heteroatoms. The lowest BCUT2D eigenvalue weighted by Gasteiger charge is -2.36. The van der Waals surface area contributed by atoms with Gasteiger partial charge < -0.3 is 24.0 Å². The van der Waals surface area contributed by atoms with Crippen LogP contribution in [0.15, 0.2) is 36.4 Å². The molecule has 0 fully saturated rings. The molecule has 0 saturated heterocycles. The highest BCUT2D eigenvalue weighted by Gasteiger charge is 2.37. The summed E-state index contributed by atoms with van der Waals surface area (Å²) in [6.45, 7) is 11.7. The highest BCUT2D eigenvalue weighted by molar-refractivity contribution is 6.74. The first-order valence-electron chi connectivity index (χ1n) is 11.4. The smallest absolute Gasteiger partial charge is 0.251 e. The summed E-state index contributed by atoms with van der Waals surface area (Å²) < 4.78 is 37.0. The summed E-state index contributed by atoms with van der Waals surface area (Å²) in [5.74, 6) is 0.346. The van der Waals surface area contributed by atoms with Crippen molar-refractivity contribution in [3.8, 4) is 17.2 Å². The van der Waals surface area contributed by atoms with Crippen molar-refractivity contribution >= 4 is 14.2 Å². The molecule has 1 unspecified atom stereocenters. The molecule has 2 aromatic rings. The Morgan fingerprint density at radius 1 is 1.03 bits per heavy atom. The Bertz CT molecular complexity index is 949. The van der Waals surface area contributed by atoms with Gasteiger partial charge in [0, 0.05) is 24.6 Å². The minimum absolute atomic E-state index is 0.0845. The summed E-state index contributed by atoms with van der Waals surface area (Å²) in [7, 11) is 2.56. The van der Waals surface area contributed by atoms with Crippen LogP contribution < -0.4 is 19.5 Å². The fourth-order valence-electron chi connectivity index (χ4n) is 3.38. The van der Waals surface area contributed by atoms with E-state index in [1.165, 1.54) is 27.4 Å². The van der Waals surface area contributed by atoms with Gasteiger partial charge in [0.1, 0.15) is 5.82 Å². The van der Waals surface area contributed by atoms with Gasteiger partial charge in [-0.15, -0.1) is 0 Å². The largest absolute Gasteiger partial charge is 0.493 e. The summed E-state index contributed by atoms with van der Waals surface area (Å²) in [6, 6.07) is 9.86. The van der Waals surface area contributed by atoms with E-state index in [4.69, 9.17) is 18.6 Å². The van der Waals surface area contributed by atoms with Gasteiger partial charge in [0.25, 0.3) is 5.91 Å². The molecule has 0 aliphatic heterocycles. The fraction of sp³-hybridized carbons (Fsp3) is 0.500. The summed E-state index contributed by atoms with van der Waals surface area (Å²) in [5, 5.41) is 3.03. The first kappa shape index (κ1) is 27.7. The Morgan fingerprint density at radius 3 is 2.12 bits per heavy atom. The lowest BCUT2D eigenvalue weighted by atomic mass is 9.95. The maximum Gasteiger partial charge on any atom is 0.251 e. The van der Waals surface area contributed by atoms with E-state index in [0.29, 0.717) is 41.4 Å². The lowest BCUT2D eigenvalue weighted by Crippen LogP contribution is -2.41. The van der Waals surface area contributed by atoms with Gasteiger partial charge in [-0.3, -0.25) is 4.79 Å². The number of amides is 1. The fourth-order valence-corrected chi connectivity index (χ4v) is 4.44. The summed E-state index contributed by atoms with van der Waals surface area (Å²) >= 11 is 0.